The van der Waals surface area contributed by atoms with Gasteiger partial charge in [0.25, 0.3) is 5.91 Å². The van der Waals surface area contributed by atoms with E-state index in [9.17, 15) is 9.59 Å². The SMILES string of the molecule is CCc1sc(C(=O)Nc2ccc(C(=O)O)c(OC)c2)cc1C. The lowest BCUT2D eigenvalue weighted by Crippen LogP contribution is -2.11. The summed E-state index contributed by atoms with van der Waals surface area (Å²) in [6.45, 7) is 4.03. The maximum absolute atomic E-state index is 12.3. The van der Waals surface area contributed by atoms with Gasteiger partial charge in [0.1, 0.15) is 11.3 Å². The molecule has 5 nitrogen and oxygen atoms in total. The maximum atomic E-state index is 12.3. The van der Waals surface area contributed by atoms with Crippen LogP contribution in [0.4, 0.5) is 5.69 Å². The van der Waals surface area contributed by atoms with Crippen LogP contribution < -0.4 is 10.1 Å². The molecule has 0 atom stereocenters. The molecular weight excluding hydrogens is 302 g/mol. The van der Waals surface area contributed by atoms with Gasteiger partial charge in [0.15, 0.2) is 0 Å². The summed E-state index contributed by atoms with van der Waals surface area (Å²) in [6.07, 6.45) is 0.894. The van der Waals surface area contributed by atoms with Crippen molar-refractivity contribution in [2.45, 2.75) is 20.3 Å². The Kier molecular flexibility index (Phi) is 4.82. The lowest BCUT2D eigenvalue weighted by molar-refractivity contribution is 0.0693. The summed E-state index contributed by atoms with van der Waals surface area (Å²) in [6, 6.07) is 6.32. The van der Waals surface area contributed by atoms with Gasteiger partial charge in [0.05, 0.1) is 12.0 Å². The summed E-state index contributed by atoms with van der Waals surface area (Å²) in [5.74, 6) is -1.07. The van der Waals surface area contributed by atoms with Crippen molar-refractivity contribution in [3.8, 4) is 5.75 Å². The summed E-state index contributed by atoms with van der Waals surface area (Å²) in [5, 5.41) is 11.8. The zero-order chi connectivity index (χ0) is 16.3. The fraction of sp³-hybridized carbons (Fsp3) is 0.250. The number of carboxylic acid groups (broad SMARTS) is 1. The van der Waals surface area contributed by atoms with Crippen LogP contribution in [-0.2, 0) is 6.42 Å². The van der Waals surface area contributed by atoms with E-state index in [1.807, 2.05) is 13.0 Å². The minimum Gasteiger partial charge on any atom is -0.496 e. The Morgan fingerprint density at radius 3 is 2.59 bits per heavy atom. The van der Waals surface area contributed by atoms with E-state index in [1.54, 1.807) is 6.07 Å². The van der Waals surface area contributed by atoms with Gasteiger partial charge in [0.2, 0.25) is 0 Å². The maximum Gasteiger partial charge on any atom is 0.339 e. The van der Waals surface area contributed by atoms with E-state index in [4.69, 9.17) is 9.84 Å². The number of aromatic carboxylic acids is 1. The summed E-state index contributed by atoms with van der Waals surface area (Å²) in [5.41, 5.74) is 1.66. The number of carbonyl (C=O) groups excluding carboxylic acids is 1. The molecule has 0 saturated carbocycles. The van der Waals surface area contributed by atoms with E-state index in [-0.39, 0.29) is 17.2 Å². The molecule has 2 rings (SSSR count). The highest BCUT2D eigenvalue weighted by Gasteiger charge is 2.15. The molecule has 0 radical (unpaired) electrons. The molecule has 2 N–H and O–H groups in total. The number of nitrogens with one attached hydrogen (secondary N) is 1. The molecule has 1 aromatic carbocycles. The smallest absolute Gasteiger partial charge is 0.339 e. The van der Waals surface area contributed by atoms with Crippen molar-refractivity contribution in [1.29, 1.82) is 0 Å². The van der Waals surface area contributed by atoms with E-state index in [0.717, 1.165) is 12.0 Å². The first-order valence-electron chi connectivity index (χ1n) is 6.78. The average Bonchev–Trinajstić information content (AvgIpc) is 2.88. The van der Waals surface area contributed by atoms with Gasteiger partial charge in [0, 0.05) is 16.6 Å². The summed E-state index contributed by atoms with van der Waals surface area (Å²) >= 11 is 1.47. The Morgan fingerprint density at radius 2 is 2.05 bits per heavy atom. The van der Waals surface area contributed by atoms with Crippen molar-refractivity contribution in [3.63, 3.8) is 0 Å². The van der Waals surface area contributed by atoms with Crippen LogP contribution in [0.25, 0.3) is 0 Å². The molecule has 6 heteroatoms. The fourth-order valence-corrected chi connectivity index (χ4v) is 3.13. The van der Waals surface area contributed by atoms with Gasteiger partial charge in [-0.15, -0.1) is 11.3 Å². The number of benzene rings is 1. The van der Waals surface area contributed by atoms with Crippen LogP contribution in [0.15, 0.2) is 24.3 Å². The normalized spacial score (nSPS) is 10.3. The molecule has 0 aliphatic rings. The minimum absolute atomic E-state index is 0.0562. The Bertz CT molecular complexity index is 721. The fourth-order valence-electron chi connectivity index (χ4n) is 2.12. The van der Waals surface area contributed by atoms with Gasteiger partial charge in [-0.2, -0.15) is 0 Å². The van der Waals surface area contributed by atoms with Crippen LogP contribution in [0, 0.1) is 6.92 Å². The van der Waals surface area contributed by atoms with E-state index in [1.165, 1.54) is 35.5 Å². The van der Waals surface area contributed by atoms with Gasteiger partial charge in [-0.3, -0.25) is 4.79 Å². The number of ether oxygens (including phenoxy) is 1. The predicted molar refractivity (Wildman–Crippen MR) is 86.3 cm³/mol. The van der Waals surface area contributed by atoms with E-state index in [0.29, 0.717) is 10.6 Å². The molecule has 0 spiro atoms. The molecule has 1 heterocycles. The van der Waals surface area contributed by atoms with E-state index in [2.05, 4.69) is 12.2 Å². The lowest BCUT2D eigenvalue weighted by atomic mass is 10.2. The number of hydrogen-bond acceptors (Lipinski definition) is 4. The second-order valence-corrected chi connectivity index (χ2v) is 5.88. The zero-order valence-corrected chi connectivity index (χ0v) is 13.4. The van der Waals surface area contributed by atoms with Crippen molar-refractivity contribution in [2.24, 2.45) is 0 Å². The highest BCUT2D eigenvalue weighted by atomic mass is 32.1. The molecule has 0 fully saturated rings. The minimum atomic E-state index is -1.07. The van der Waals surface area contributed by atoms with E-state index < -0.39 is 5.97 Å². The quantitative estimate of drug-likeness (QED) is 0.883. The van der Waals surface area contributed by atoms with Crippen LogP contribution in [0.1, 0.15) is 37.4 Å². The Morgan fingerprint density at radius 1 is 1.32 bits per heavy atom. The molecule has 0 aliphatic carbocycles. The average molecular weight is 319 g/mol. The number of thiophene rings is 1. The number of aryl methyl sites for hydroxylation is 2. The van der Waals surface area contributed by atoms with Crippen molar-refractivity contribution in [1.82, 2.24) is 0 Å². The van der Waals surface area contributed by atoms with Crippen LogP contribution in [0.2, 0.25) is 0 Å². The molecule has 0 bridgehead atoms. The molecule has 1 amide bonds. The van der Waals surface area contributed by atoms with Crippen molar-refractivity contribution < 1.29 is 19.4 Å². The van der Waals surface area contributed by atoms with Crippen LogP contribution in [-0.4, -0.2) is 24.1 Å². The monoisotopic (exact) mass is 319 g/mol. The topological polar surface area (TPSA) is 75.6 Å². The second kappa shape index (κ2) is 6.62. The summed E-state index contributed by atoms with van der Waals surface area (Å²) in [4.78, 5) is 25.1. The molecule has 0 aliphatic heterocycles. The molecule has 2 aromatic rings. The van der Waals surface area contributed by atoms with Crippen molar-refractivity contribution >= 4 is 28.9 Å². The highest BCUT2D eigenvalue weighted by Crippen LogP contribution is 2.26. The molecule has 1 aromatic heterocycles. The van der Waals surface area contributed by atoms with Gasteiger partial charge in [-0.05, 0) is 37.1 Å². The molecular formula is C16H17NO4S. The zero-order valence-electron chi connectivity index (χ0n) is 12.6. The summed E-state index contributed by atoms with van der Waals surface area (Å²) in [7, 11) is 1.39. The van der Waals surface area contributed by atoms with E-state index >= 15 is 0 Å². The Labute approximate surface area is 132 Å². The largest absolute Gasteiger partial charge is 0.496 e. The van der Waals surface area contributed by atoms with Crippen molar-refractivity contribution in [3.05, 3.63) is 45.1 Å². The van der Waals surface area contributed by atoms with Crippen LogP contribution >= 0.6 is 11.3 Å². The third-order valence-corrected chi connectivity index (χ3v) is 4.64. The summed E-state index contributed by atoms with van der Waals surface area (Å²) < 4.78 is 5.05. The Hall–Kier alpha value is -2.34. The lowest BCUT2D eigenvalue weighted by Gasteiger charge is -2.08. The number of hydrogen-bond donors (Lipinski definition) is 2. The first-order valence-corrected chi connectivity index (χ1v) is 7.60. The second-order valence-electron chi connectivity index (χ2n) is 4.74. The van der Waals surface area contributed by atoms with Crippen LogP contribution in [0.3, 0.4) is 0 Å². The molecule has 0 unspecified atom stereocenters. The van der Waals surface area contributed by atoms with Gasteiger partial charge in [-0.25, -0.2) is 4.79 Å². The number of methoxy groups -OCH3 is 1. The third kappa shape index (κ3) is 3.28. The Balaban J connectivity index is 2.22. The first-order chi connectivity index (χ1) is 10.5. The standard InChI is InChI=1S/C16H17NO4S/c1-4-13-9(2)7-14(22-13)15(18)17-10-5-6-11(16(19)20)12(8-10)21-3/h5-8H,4H2,1-3H3,(H,17,18)(H,19,20). The molecule has 0 saturated heterocycles. The predicted octanol–water partition coefficient (Wildman–Crippen LogP) is 3.58. The number of anilines is 1. The molecule has 116 valence electrons. The highest BCUT2D eigenvalue weighted by molar-refractivity contribution is 7.14. The number of amides is 1. The van der Waals surface area contributed by atoms with Crippen molar-refractivity contribution in [2.75, 3.05) is 12.4 Å². The van der Waals surface area contributed by atoms with Gasteiger partial charge < -0.3 is 15.2 Å². The molecule has 22 heavy (non-hydrogen) atoms. The van der Waals surface area contributed by atoms with Gasteiger partial charge in [-0.1, -0.05) is 6.92 Å². The first kappa shape index (κ1) is 16.0. The number of rotatable bonds is 5. The number of carbonyl (C=O) groups is 2. The van der Waals surface area contributed by atoms with Crippen LogP contribution in [0.5, 0.6) is 5.75 Å². The van der Waals surface area contributed by atoms with Gasteiger partial charge >= 0.3 is 5.97 Å². The third-order valence-electron chi connectivity index (χ3n) is 3.26. The number of carboxylic acids is 1.